The van der Waals surface area contributed by atoms with E-state index in [0.29, 0.717) is 30.5 Å². The predicted molar refractivity (Wildman–Crippen MR) is 89.7 cm³/mol. The van der Waals surface area contributed by atoms with Gasteiger partial charge in [0.25, 0.3) is 5.89 Å². The zero-order valence-electron chi connectivity index (χ0n) is 12.0. The SMILES string of the molecule is Cc1noc(-c2ccc(N3CC(CN=C=S)OC3=O)cc2Br)n1. The number of thiocarbonyl (C=S) groups is 1. The normalized spacial score (nSPS) is 17.0. The van der Waals surface area contributed by atoms with Gasteiger partial charge in [-0.1, -0.05) is 5.16 Å². The van der Waals surface area contributed by atoms with Gasteiger partial charge in [-0.15, -0.1) is 0 Å². The van der Waals surface area contributed by atoms with Crippen molar-refractivity contribution >= 4 is 45.1 Å². The number of carbonyl (C=O) groups excluding carboxylic acids is 1. The molecule has 23 heavy (non-hydrogen) atoms. The summed E-state index contributed by atoms with van der Waals surface area (Å²) in [5, 5.41) is 6.04. The quantitative estimate of drug-likeness (QED) is 0.584. The highest BCUT2D eigenvalue weighted by Crippen LogP contribution is 2.32. The molecule has 1 saturated heterocycles. The second-order valence-corrected chi connectivity index (χ2v) is 5.90. The lowest BCUT2D eigenvalue weighted by molar-refractivity contribution is 0.145. The zero-order valence-corrected chi connectivity index (χ0v) is 14.4. The molecule has 1 atom stereocenters. The standard InChI is InChI=1S/C14H11BrN4O3S/c1-8-17-13(22-18-8)11-3-2-9(4-12(11)15)19-6-10(5-16-7-23)21-14(19)20/h2-4,10H,5-6H2,1H3. The minimum atomic E-state index is -0.414. The van der Waals surface area contributed by atoms with Crippen LogP contribution in [0.3, 0.4) is 0 Å². The summed E-state index contributed by atoms with van der Waals surface area (Å²) in [6.07, 6.45) is -0.738. The van der Waals surface area contributed by atoms with E-state index in [-0.39, 0.29) is 6.10 Å². The zero-order chi connectivity index (χ0) is 16.4. The number of cyclic esters (lactones) is 1. The molecule has 1 amide bonds. The summed E-state index contributed by atoms with van der Waals surface area (Å²) >= 11 is 7.99. The van der Waals surface area contributed by atoms with Crippen LogP contribution in [0.15, 0.2) is 32.2 Å². The van der Waals surface area contributed by atoms with Crippen molar-refractivity contribution < 1.29 is 14.1 Å². The van der Waals surface area contributed by atoms with E-state index < -0.39 is 6.09 Å². The number of nitrogens with zero attached hydrogens (tertiary/aromatic N) is 4. The summed E-state index contributed by atoms with van der Waals surface area (Å²) in [6.45, 7) is 2.47. The molecule has 0 spiro atoms. The van der Waals surface area contributed by atoms with Crippen LogP contribution in [-0.4, -0.2) is 40.6 Å². The Balaban J connectivity index is 1.83. The number of hydrogen-bond acceptors (Lipinski definition) is 7. The maximum absolute atomic E-state index is 12.0. The van der Waals surface area contributed by atoms with Crippen molar-refractivity contribution in [1.29, 1.82) is 0 Å². The molecule has 0 bridgehead atoms. The molecule has 1 fully saturated rings. The first-order valence-corrected chi connectivity index (χ1v) is 7.90. The van der Waals surface area contributed by atoms with Gasteiger partial charge in [0.15, 0.2) is 5.82 Å². The number of amides is 1. The molecule has 7 nitrogen and oxygen atoms in total. The first kappa shape index (κ1) is 15.8. The molecule has 3 rings (SSSR count). The third-order valence-corrected chi connectivity index (χ3v) is 4.04. The van der Waals surface area contributed by atoms with E-state index in [1.54, 1.807) is 19.1 Å². The topological polar surface area (TPSA) is 80.8 Å². The van der Waals surface area contributed by atoms with Gasteiger partial charge in [-0.2, -0.15) is 4.98 Å². The minimum Gasteiger partial charge on any atom is -0.442 e. The van der Waals surface area contributed by atoms with Crippen LogP contribution < -0.4 is 4.90 Å². The number of anilines is 1. The number of rotatable bonds is 4. The fourth-order valence-electron chi connectivity index (χ4n) is 2.22. The van der Waals surface area contributed by atoms with E-state index in [0.717, 1.165) is 10.0 Å². The van der Waals surface area contributed by atoms with Gasteiger partial charge in [-0.25, -0.2) is 9.79 Å². The van der Waals surface area contributed by atoms with Crippen LogP contribution in [0.25, 0.3) is 11.5 Å². The molecule has 1 aliphatic rings. The van der Waals surface area contributed by atoms with Crippen LogP contribution in [0.5, 0.6) is 0 Å². The van der Waals surface area contributed by atoms with Crippen LogP contribution in [0.4, 0.5) is 10.5 Å². The molecule has 9 heteroatoms. The fraction of sp³-hybridized carbons (Fsp3) is 0.286. The molecular formula is C14H11BrN4O3S. The number of aromatic nitrogens is 2. The van der Waals surface area contributed by atoms with Crippen LogP contribution in [0, 0.1) is 6.92 Å². The average Bonchev–Trinajstić information content (AvgIpc) is 3.11. The van der Waals surface area contributed by atoms with Crippen molar-refractivity contribution in [1.82, 2.24) is 10.1 Å². The number of isothiocyanates is 1. The van der Waals surface area contributed by atoms with Gasteiger partial charge >= 0.3 is 6.09 Å². The van der Waals surface area contributed by atoms with Crippen molar-refractivity contribution in [3.63, 3.8) is 0 Å². The summed E-state index contributed by atoms with van der Waals surface area (Å²) in [7, 11) is 0. The minimum absolute atomic E-state index is 0.312. The summed E-state index contributed by atoms with van der Waals surface area (Å²) in [5.74, 6) is 0.971. The van der Waals surface area contributed by atoms with Crippen molar-refractivity contribution in [2.24, 2.45) is 4.99 Å². The maximum Gasteiger partial charge on any atom is 0.414 e. The monoisotopic (exact) mass is 394 g/mol. The Hall–Kier alpha value is -2.09. The molecule has 0 aliphatic carbocycles. The molecule has 0 radical (unpaired) electrons. The van der Waals surface area contributed by atoms with Crippen molar-refractivity contribution in [3.8, 4) is 11.5 Å². The number of aryl methyl sites for hydroxylation is 1. The third-order valence-electron chi connectivity index (χ3n) is 3.26. The van der Waals surface area contributed by atoms with E-state index in [4.69, 9.17) is 9.26 Å². The van der Waals surface area contributed by atoms with Crippen molar-refractivity contribution in [3.05, 3.63) is 28.5 Å². The highest BCUT2D eigenvalue weighted by molar-refractivity contribution is 9.10. The highest BCUT2D eigenvalue weighted by atomic mass is 79.9. The van der Waals surface area contributed by atoms with E-state index in [1.807, 2.05) is 6.07 Å². The van der Waals surface area contributed by atoms with Crippen molar-refractivity contribution in [2.75, 3.05) is 18.0 Å². The number of hydrogen-bond donors (Lipinski definition) is 0. The van der Waals surface area contributed by atoms with Crippen LogP contribution in [0.2, 0.25) is 0 Å². The van der Waals surface area contributed by atoms with Gasteiger partial charge < -0.3 is 9.26 Å². The Bertz CT molecular complexity index is 803. The summed E-state index contributed by atoms with van der Waals surface area (Å²) in [6, 6.07) is 5.41. The Morgan fingerprint density at radius 1 is 1.57 bits per heavy atom. The molecular weight excluding hydrogens is 384 g/mol. The summed E-state index contributed by atoms with van der Waals surface area (Å²) < 4.78 is 11.1. The van der Waals surface area contributed by atoms with Crippen LogP contribution in [-0.2, 0) is 4.74 Å². The molecule has 118 valence electrons. The first-order valence-electron chi connectivity index (χ1n) is 6.70. The highest BCUT2D eigenvalue weighted by Gasteiger charge is 2.32. The molecule has 1 aromatic heterocycles. The number of carbonyl (C=O) groups is 1. The molecule has 2 aromatic rings. The van der Waals surface area contributed by atoms with Gasteiger partial charge in [0, 0.05) is 10.2 Å². The average molecular weight is 395 g/mol. The largest absolute Gasteiger partial charge is 0.442 e. The molecule has 1 aliphatic heterocycles. The van der Waals surface area contributed by atoms with Gasteiger partial charge in [-0.3, -0.25) is 4.90 Å². The summed E-state index contributed by atoms with van der Waals surface area (Å²) in [5.41, 5.74) is 1.46. The lowest BCUT2D eigenvalue weighted by Crippen LogP contribution is -2.25. The van der Waals surface area contributed by atoms with Gasteiger partial charge in [-0.05, 0) is 53.3 Å². The van der Waals surface area contributed by atoms with E-state index >= 15 is 0 Å². The Morgan fingerprint density at radius 2 is 2.39 bits per heavy atom. The Labute approximate surface area is 145 Å². The third kappa shape index (κ3) is 3.31. The van der Waals surface area contributed by atoms with Gasteiger partial charge in [0.1, 0.15) is 6.10 Å². The van der Waals surface area contributed by atoms with Gasteiger partial charge in [0.2, 0.25) is 0 Å². The van der Waals surface area contributed by atoms with Crippen molar-refractivity contribution in [2.45, 2.75) is 13.0 Å². The lowest BCUT2D eigenvalue weighted by atomic mass is 10.2. The van der Waals surface area contributed by atoms with E-state index in [2.05, 4.69) is 48.4 Å². The fourth-order valence-corrected chi connectivity index (χ4v) is 2.83. The molecule has 0 N–H and O–H groups in total. The first-order chi connectivity index (χ1) is 11.1. The smallest absolute Gasteiger partial charge is 0.414 e. The van der Waals surface area contributed by atoms with E-state index in [1.165, 1.54) is 4.90 Å². The Morgan fingerprint density at radius 3 is 3.04 bits per heavy atom. The predicted octanol–water partition coefficient (Wildman–Crippen LogP) is 3.24. The number of benzene rings is 1. The molecule has 1 aromatic carbocycles. The molecule has 2 heterocycles. The second-order valence-electron chi connectivity index (χ2n) is 4.86. The number of halogens is 1. The van der Waals surface area contributed by atoms with Gasteiger partial charge in [0.05, 0.1) is 23.8 Å². The van der Waals surface area contributed by atoms with Crippen LogP contribution >= 0.6 is 28.1 Å². The maximum atomic E-state index is 12.0. The molecule has 1 unspecified atom stereocenters. The van der Waals surface area contributed by atoms with Crippen LogP contribution in [0.1, 0.15) is 5.82 Å². The van der Waals surface area contributed by atoms with E-state index in [9.17, 15) is 4.79 Å². The Kier molecular flexibility index (Phi) is 4.51. The number of ether oxygens (including phenoxy) is 1. The summed E-state index contributed by atoms with van der Waals surface area (Å²) in [4.78, 5) is 21.5. The number of aliphatic imine (C=N–C) groups is 1. The lowest BCUT2D eigenvalue weighted by Gasteiger charge is -2.13. The molecule has 0 saturated carbocycles. The second kappa shape index (κ2) is 6.57.